The summed E-state index contributed by atoms with van der Waals surface area (Å²) in [5.74, 6) is 0.838. The molecule has 0 aliphatic heterocycles. The SMILES string of the molecule is CCCCc1ccc(C(=O)N(CCOC)C(C)c2nc3ccccc3c(=O)n2-c2ccccc2OC)cc1. The molecule has 1 unspecified atom stereocenters. The number of unbranched alkanes of at least 4 members (excludes halogenated alkanes) is 1. The van der Waals surface area contributed by atoms with Crippen LogP contribution in [0.25, 0.3) is 16.6 Å². The Kier molecular flexibility index (Phi) is 8.92. The minimum Gasteiger partial charge on any atom is -0.495 e. The molecule has 0 fully saturated rings. The zero-order chi connectivity index (χ0) is 27.1. The van der Waals surface area contributed by atoms with Crippen LogP contribution in [0.4, 0.5) is 0 Å². The molecule has 198 valence electrons. The summed E-state index contributed by atoms with van der Waals surface area (Å²) in [5.41, 5.74) is 2.71. The molecular formula is C31H35N3O4. The van der Waals surface area contributed by atoms with Crippen molar-refractivity contribution in [2.75, 3.05) is 27.4 Å². The van der Waals surface area contributed by atoms with Crippen molar-refractivity contribution in [2.24, 2.45) is 0 Å². The average Bonchev–Trinajstić information content (AvgIpc) is 2.96. The Balaban J connectivity index is 1.83. The van der Waals surface area contributed by atoms with Crippen LogP contribution in [0.1, 0.15) is 54.5 Å². The summed E-state index contributed by atoms with van der Waals surface area (Å²) in [7, 11) is 3.18. The number of benzene rings is 3. The van der Waals surface area contributed by atoms with E-state index in [0.29, 0.717) is 46.9 Å². The summed E-state index contributed by atoms with van der Waals surface area (Å²) in [6.07, 6.45) is 3.22. The third-order valence-corrected chi connectivity index (χ3v) is 6.79. The minimum absolute atomic E-state index is 0.148. The Bertz CT molecular complexity index is 1450. The van der Waals surface area contributed by atoms with Crippen molar-refractivity contribution in [3.8, 4) is 11.4 Å². The number of carbonyl (C=O) groups excluding carboxylic acids is 1. The molecule has 4 rings (SSSR count). The topological polar surface area (TPSA) is 73.7 Å². The second-order valence-corrected chi connectivity index (χ2v) is 9.27. The molecule has 0 N–H and O–H groups in total. The van der Waals surface area contributed by atoms with Crippen LogP contribution in [-0.4, -0.2) is 47.7 Å². The first kappa shape index (κ1) is 27.1. The molecule has 0 aliphatic carbocycles. The predicted octanol–water partition coefficient (Wildman–Crippen LogP) is 5.59. The van der Waals surface area contributed by atoms with Crippen LogP contribution in [0.5, 0.6) is 5.75 Å². The van der Waals surface area contributed by atoms with E-state index < -0.39 is 6.04 Å². The van der Waals surface area contributed by atoms with Gasteiger partial charge in [0.1, 0.15) is 11.6 Å². The van der Waals surface area contributed by atoms with Crippen LogP contribution < -0.4 is 10.3 Å². The van der Waals surface area contributed by atoms with Crippen molar-refractivity contribution in [1.82, 2.24) is 14.5 Å². The zero-order valence-corrected chi connectivity index (χ0v) is 22.5. The first-order valence-electron chi connectivity index (χ1n) is 13.0. The Hall–Kier alpha value is -3.97. The van der Waals surface area contributed by atoms with E-state index >= 15 is 0 Å². The van der Waals surface area contributed by atoms with Crippen molar-refractivity contribution in [1.29, 1.82) is 0 Å². The summed E-state index contributed by atoms with van der Waals surface area (Å²) in [6.45, 7) is 4.74. The van der Waals surface area contributed by atoms with E-state index in [1.807, 2.05) is 67.6 Å². The number of amides is 1. The highest BCUT2D eigenvalue weighted by Crippen LogP contribution is 2.28. The normalized spacial score (nSPS) is 11.9. The van der Waals surface area contributed by atoms with Crippen LogP contribution >= 0.6 is 0 Å². The third-order valence-electron chi connectivity index (χ3n) is 6.79. The van der Waals surface area contributed by atoms with Crippen LogP contribution in [0.15, 0.2) is 77.6 Å². The van der Waals surface area contributed by atoms with E-state index in [1.54, 1.807) is 35.8 Å². The Morgan fingerprint density at radius 3 is 2.42 bits per heavy atom. The standard InChI is InChI=1S/C31H35N3O4/c1-5-6-11-23-16-18-24(19-17-23)30(35)33(20-21-37-3)22(2)29-32-26-13-8-7-12-25(26)31(36)34(29)27-14-9-10-15-28(27)38-4/h7-10,12-19,22H,5-6,11,20-21H2,1-4H3. The van der Waals surface area contributed by atoms with Gasteiger partial charge in [-0.2, -0.15) is 0 Å². The molecule has 0 saturated carbocycles. The van der Waals surface area contributed by atoms with Crippen LogP contribution in [-0.2, 0) is 11.2 Å². The number of carbonyl (C=O) groups is 1. The molecular weight excluding hydrogens is 478 g/mol. The van der Waals surface area contributed by atoms with Crippen molar-refractivity contribution < 1.29 is 14.3 Å². The maximum absolute atomic E-state index is 13.9. The lowest BCUT2D eigenvalue weighted by Gasteiger charge is -2.30. The molecule has 1 heterocycles. The molecule has 1 aromatic heterocycles. The highest BCUT2D eigenvalue weighted by molar-refractivity contribution is 5.94. The fraction of sp³-hybridized carbons (Fsp3) is 0.323. The molecule has 0 spiro atoms. The van der Waals surface area contributed by atoms with E-state index in [4.69, 9.17) is 14.5 Å². The smallest absolute Gasteiger partial charge is 0.266 e. The van der Waals surface area contributed by atoms with Gasteiger partial charge in [-0.05, 0) is 61.7 Å². The number of hydrogen-bond donors (Lipinski definition) is 0. The maximum Gasteiger partial charge on any atom is 0.266 e. The highest BCUT2D eigenvalue weighted by Gasteiger charge is 2.28. The molecule has 3 aromatic carbocycles. The van der Waals surface area contributed by atoms with E-state index in [0.717, 1.165) is 19.3 Å². The van der Waals surface area contributed by atoms with Gasteiger partial charge in [-0.15, -0.1) is 0 Å². The van der Waals surface area contributed by atoms with Crippen molar-refractivity contribution >= 4 is 16.8 Å². The number of hydrogen-bond acceptors (Lipinski definition) is 5. The molecule has 38 heavy (non-hydrogen) atoms. The lowest BCUT2D eigenvalue weighted by Crippen LogP contribution is -2.39. The molecule has 7 nitrogen and oxygen atoms in total. The average molecular weight is 514 g/mol. The number of rotatable bonds is 11. The summed E-state index contributed by atoms with van der Waals surface area (Å²) in [6, 6.07) is 21.8. The molecule has 1 amide bonds. The van der Waals surface area contributed by atoms with Crippen molar-refractivity contribution in [3.63, 3.8) is 0 Å². The summed E-state index contributed by atoms with van der Waals surface area (Å²) < 4.78 is 12.5. The van der Waals surface area contributed by atoms with E-state index in [2.05, 4.69) is 6.92 Å². The third kappa shape index (κ3) is 5.63. The first-order chi connectivity index (χ1) is 18.5. The van der Waals surface area contributed by atoms with Gasteiger partial charge in [0, 0.05) is 19.2 Å². The fourth-order valence-electron chi connectivity index (χ4n) is 4.64. The van der Waals surface area contributed by atoms with Crippen molar-refractivity contribution in [2.45, 2.75) is 39.2 Å². The molecule has 1 atom stereocenters. The Labute approximate surface area is 223 Å². The van der Waals surface area contributed by atoms with E-state index in [-0.39, 0.29) is 11.5 Å². The zero-order valence-electron chi connectivity index (χ0n) is 22.5. The number of ether oxygens (including phenoxy) is 2. The van der Waals surface area contributed by atoms with Gasteiger partial charge in [0.05, 0.1) is 36.3 Å². The quantitative estimate of drug-likeness (QED) is 0.262. The predicted molar refractivity (Wildman–Crippen MR) is 150 cm³/mol. The second-order valence-electron chi connectivity index (χ2n) is 9.27. The number of para-hydroxylation sites is 3. The number of aryl methyl sites for hydroxylation is 1. The van der Waals surface area contributed by atoms with Crippen LogP contribution in [0.3, 0.4) is 0 Å². The fourth-order valence-corrected chi connectivity index (χ4v) is 4.64. The number of fused-ring (bicyclic) bond motifs is 1. The van der Waals surface area contributed by atoms with Crippen molar-refractivity contribution in [3.05, 3.63) is 100 Å². The van der Waals surface area contributed by atoms with Gasteiger partial charge in [-0.1, -0.05) is 49.7 Å². The van der Waals surface area contributed by atoms with Gasteiger partial charge < -0.3 is 14.4 Å². The van der Waals surface area contributed by atoms with Gasteiger partial charge in [-0.3, -0.25) is 14.2 Å². The minimum atomic E-state index is -0.542. The van der Waals surface area contributed by atoms with Gasteiger partial charge >= 0.3 is 0 Å². The molecule has 0 aliphatic rings. The highest BCUT2D eigenvalue weighted by atomic mass is 16.5. The molecule has 7 heteroatoms. The second kappa shape index (κ2) is 12.5. The number of nitrogens with zero attached hydrogens (tertiary/aromatic N) is 3. The monoisotopic (exact) mass is 513 g/mol. The molecule has 0 bridgehead atoms. The van der Waals surface area contributed by atoms with Gasteiger partial charge in [-0.25, -0.2) is 4.98 Å². The largest absolute Gasteiger partial charge is 0.495 e. The summed E-state index contributed by atoms with van der Waals surface area (Å²) >= 11 is 0. The summed E-state index contributed by atoms with van der Waals surface area (Å²) in [4.78, 5) is 34.3. The lowest BCUT2D eigenvalue weighted by molar-refractivity contribution is 0.0605. The van der Waals surface area contributed by atoms with Gasteiger partial charge in [0.25, 0.3) is 11.5 Å². The van der Waals surface area contributed by atoms with Gasteiger partial charge in [0.2, 0.25) is 0 Å². The molecule has 4 aromatic rings. The van der Waals surface area contributed by atoms with Gasteiger partial charge in [0.15, 0.2) is 0 Å². The number of methoxy groups -OCH3 is 2. The maximum atomic E-state index is 13.9. The summed E-state index contributed by atoms with van der Waals surface area (Å²) in [5, 5.41) is 0.492. The molecule has 0 radical (unpaired) electrons. The molecule has 0 saturated heterocycles. The Morgan fingerprint density at radius 2 is 1.71 bits per heavy atom. The van der Waals surface area contributed by atoms with E-state index in [1.165, 1.54) is 5.56 Å². The van der Waals surface area contributed by atoms with E-state index in [9.17, 15) is 9.59 Å². The Morgan fingerprint density at radius 1 is 1.00 bits per heavy atom. The lowest BCUT2D eigenvalue weighted by atomic mass is 10.1. The van der Waals surface area contributed by atoms with Crippen LogP contribution in [0, 0.1) is 0 Å². The van der Waals surface area contributed by atoms with Crippen LogP contribution in [0.2, 0.25) is 0 Å². The number of aromatic nitrogens is 2. The first-order valence-corrected chi connectivity index (χ1v) is 13.0.